The zero-order valence-corrected chi connectivity index (χ0v) is 20.4. The molecular formula is C24H26ClN3O4S. The molecule has 174 valence electrons. The standard InChI is InChI=1S/C24H26ClN3O4S/c1-30-20-12-15(13-21(31-2)22(20)32-3)19(29)14-33-24-27-26-23(17-10-6-7-11-18(17)25)28(24)16-8-4-5-9-16/h6-7,10-13,16H,4-5,8-9,14H2,1-3H3. The molecule has 1 heterocycles. The lowest BCUT2D eigenvalue weighted by molar-refractivity contribution is 0.102. The van der Waals surface area contributed by atoms with Crippen LogP contribution >= 0.6 is 23.4 Å². The highest BCUT2D eigenvalue weighted by Gasteiger charge is 2.26. The fourth-order valence-corrected chi connectivity index (χ4v) is 5.27. The number of methoxy groups -OCH3 is 3. The molecule has 1 saturated carbocycles. The highest BCUT2D eigenvalue weighted by molar-refractivity contribution is 7.99. The van der Waals surface area contributed by atoms with Crippen molar-refractivity contribution in [3.63, 3.8) is 0 Å². The van der Waals surface area contributed by atoms with Gasteiger partial charge >= 0.3 is 0 Å². The van der Waals surface area contributed by atoms with E-state index in [1.165, 1.54) is 45.9 Å². The Labute approximate surface area is 202 Å². The van der Waals surface area contributed by atoms with Gasteiger partial charge in [0.25, 0.3) is 0 Å². The number of carbonyl (C=O) groups is 1. The summed E-state index contributed by atoms with van der Waals surface area (Å²) < 4.78 is 18.3. The topological polar surface area (TPSA) is 75.5 Å². The van der Waals surface area contributed by atoms with Crippen LogP contribution in [0.3, 0.4) is 0 Å². The van der Waals surface area contributed by atoms with Crippen molar-refractivity contribution in [3.05, 3.63) is 47.0 Å². The maximum Gasteiger partial charge on any atom is 0.203 e. The summed E-state index contributed by atoms with van der Waals surface area (Å²) in [7, 11) is 4.59. The third-order valence-corrected chi connectivity index (χ3v) is 7.06. The van der Waals surface area contributed by atoms with Crippen molar-refractivity contribution in [2.24, 2.45) is 0 Å². The Morgan fingerprint density at radius 1 is 1.06 bits per heavy atom. The van der Waals surface area contributed by atoms with E-state index >= 15 is 0 Å². The predicted octanol–water partition coefficient (Wildman–Crippen LogP) is 5.71. The zero-order valence-electron chi connectivity index (χ0n) is 18.8. The molecule has 0 amide bonds. The second-order valence-electron chi connectivity index (χ2n) is 7.72. The number of rotatable bonds is 9. The van der Waals surface area contributed by atoms with E-state index in [0.717, 1.165) is 29.4 Å². The molecule has 0 radical (unpaired) electrons. The average molecular weight is 488 g/mol. The summed E-state index contributed by atoms with van der Waals surface area (Å²) in [6.07, 6.45) is 4.45. The first-order valence-electron chi connectivity index (χ1n) is 10.7. The number of thioether (sulfide) groups is 1. The maximum absolute atomic E-state index is 13.1. The van der Waals surface area contributed by atoms with Gasteiger partial charge in [0.1, 0.15) is 0 Å². The third-order valence-electron chi connectivity index (χ3n) is 5.79. The van der Waals surface area contributed by atoms with Crippen molar-refractivity contribution >= 4 is 29.1 Å². The van der Waals surface area contributed by atoms with Gasteiger partial charge in [0.05, 0.1) is 32.1 Å². The maximum atomic E-state index is 13.1. The highest BCUT2D eigenvalue weighted by atomic mass is 35.5. The molecule has 0 N–H and O–H groups in total. The predicted molar refractivity (Wildman–Crippen MR) is 129 cm³/mol. The van der Waals surface area contributed by atoms with Crippen molar-refractivity contribution in [3.8, 4) is 28.6 Å². The molecule has 2 aromatic carbocycles. The first-order chi connectivity index (χ1) is 16.1. The Kier molecular flexibility index (Phi) is 7.45. The van der Waals surface area contributed by atoms with E-state index < -0.39 is 0 Å². The average Bonchev–Trinajstić information content (AvgIpc) is 3.51. The number of ether oxygens (including phenoxy) is 3. The minimum atomic E-state index is -0.0699. The molecule has 1 fully saturated rings. The molecule has 1 aromatic heterocycles. The molecule has 0 unspecified atom stereocenters. The summed E-state index contributed by atoms with van der Waals surface area (Å²) in [5.41, 5.74) is 1.33. The van der Waals surface area contributed by atoms with E-state index in [4.69, 9.17) is 25.8 Å². The van der Waals surface area contributed by atoms with Crippen LogP contribution in [0.4, 0.5) is 0 Å². The van der Waals surface area contributed by atoms with E-state index in [0.29, 0.717) is 33.9 Å². The van der Waals surface area contributed by atoms with Crippen LogP contribution in [-0.4, -0.2) is 47.6 Å². The lowest BCUT2D eigenvalue weighted by Crippen LogP contribution is -2.10. The minimum Gasteiger partial charge on any atom is -0.493 e. The molecule has 3 aromatic rings. The largest absolute Gasteiger partial charge is 0.493 e. The minimum absolute atomic E-state index is 0.0699. The Balaban J connectivity index is 1.61. The van der Waals surface area contributed by atoms with Crippen LogP contribution in [0.5, 0.6) is 17.2 Å². The van der Waals surface area contributed by atoms with Crippen LogP contribution in [0.25, 0.3) is 11.4 Å². The quantitative estimate of drug-likeness (QED) is 0.282. The second kappa shape index (κ2) is 10.5. The summed E-state index contributed by atoms with van der Waals surface area (Å²) in [5.74, 6) is 2.22. The van der Waals surface area contributed by atoms with Gasteiger partial charge in [0.15, 0.2) is 28.3 Å². The molecule has 1 aliphatic rings. The van der Waals surface area contributed by atoms with E-state index in [1.54, 1.807) is 12.1 Å². The highest BCUT2D eigenvalue weighted by Crippen LogP contribution is 2.40. The van der Waals surface area contributed by atoms with Crippen molar-refractivity contribution in [1.29, 1.82) is 0 Å². The Morgan fingerprint density at radius 3 is 2.33 bits per heavy atom. The van der Waals surface area contributed by atoms with Crippen LogP contribution in [0.15, 0.2) is 41.6 Å². The van der Waals surface area contributed by atoms with Gasteiger partial charge in [0.2, 0.25) is 5.75 Å². The van der Waals surface area contributed by atoms with Crippen LogP contribution in [0, 0.1) is 0 Å². The van der Waals surface area contributed by atoms with Crippen LogP contribution in [-0.2, 0) is 0 Å². The smallest absolute Gasteiger partial charge is 0.203 e. The van der Waals surface area contributed by atoms with E-state index in [1.807, 2.05) is 24.3 Å². The van der Waals surface area contributed by atoms with Crippen molar-refractivity contribution in [2.45, 2.75) is 36.9 Å². The summed E-state index contributed by atoms with van der Waals surface area (Å²) in [6.45, 7) is 0. The molecule has 7 nitrogen and oxygen atoms in total. The van der Waals surface area contributed by atoms with Crippen molar-refractivity contribution < 1.29 is 19.0 Å². The second-order valence-corrected chi connectivity index (χ2v) is 9.07. The van der Waals surface area contributed by atoms with Gasteiger partial charge in [-0.25, -0.2) is 0 Å². The summed E-state index contributed by atoms with van der Waals surface area (Å²) in [6, 6.07) is 11.3. The fraction of sp³-hybridized carbons (Fsp3) is 0.375. The monoisotopic (exact) mass is 487 g/mol. The Hall–Kier alpha value is -2.71. The van der Waals surface area contributed by atoms with Crippen LogP contribution in [0.1, 0.15) is 42.1 Å². The van der Waals surface area contributed by atoms with Gasteiger partial charge in [-0.15, -0.1) is 10.2 Å². The fourth-order valence-electron chi connectivity index (χ4n) is 4.15. The first-order valence-corrected chi connectivity index (χ1v) is 12.1. The summed E-state index contributed by atoms with van der Waals surface area (Å²) in [4.78, 5) is 13.1. The van der Waals surface area contributed by atoms with Gasteiger partial charge in [0, 0.05) is 17.2 Å². The molecule has 4 rings (SSSR count). The number of aromatic nitrogens is 3. The zero-order chi connectivity index (χ0) is 23.4. The molecule has 33 heavy (non-hydrogen) atoms. The van der Waals surface area contributed by atoms with Crippen molar-refractivity contribution in [2.75, 3.05) is 27.1 Å². The number of carbonyl (C=O) groups excluding carboxylic acids is 1. The summed E-state index contributed by atoms with van der Waals surface area (Å²) >= 11 is 7.84. The normalized spacial score (nSPS) is 13.8. The molecule has 0 atom stereocenters. The Morgan fingerprint density at radius 2 is 1.73 bits per heavy atom. The third kappa shape index (κ3) is 4.82. The van der Waals surface area contributed by atoms with E-state index in [2.05, 4.69) is 14.8 Å². The molecule has 0 aliphatic heterocycles. The van der Waals surface area contributed by atoms with Gasteiger partial charge in [-0.2, -0.15) is 0 Å². The van der Waals surface area contributed by atoms with E-state index in [-0.39, 0.29) is 11.5 Å². The van der Waals surface area contributed by atoms with Crippen molar-refractivity contribution in [1.82, 2.24) is 14.8 Å². The van der Waals surface area contributed by atoms with Gasteiger partial charge in [-0.3, -0.25) is 9.36 Å². The number of halogens is 1. The molecule has 0 spiro atoms. The molecule has 9 heteroatoms. The number of nitrogens with zero attached hydrogens (tertiary/aromatic N) is 3. The molecule has 0 saturated heterocycles. The summed E-state index contributed by atoms with van der Waals surface area (Å²) in [5, 5.41) is 10.2. The van der Waals surface area contributed by atoms with Gasteiger partial charge in [-0.1, -0.05) is 48.3 Å². The lowest BCUT2D eigenvalue weighted by atomic mass is 10.1. The lowest BCUT2D eigenvalue weighted by Gasteiger charge is -2.17. The van der Waals surface area contributed by atoms with E-state index in [9.17, 15) is 4.79 Å². The number of hydrogen-bond donors (Lipinski definition) is 0. The number of hydrogen-bond acceptors (Lipinski definition) is 7. The molecule has 0 bridgehead atoms. The van der Waals surface area contributed by atoms with Gasteiger partial charge in [-0.05, 0) is 37.1 Å². The van der Waals surface area contributed by atoms with Crippen LogP contribution < -0.4 is 14.2 Å². The number of ketones is 1. The van der Waals surface area contributed by atoms with Crippen LogP contribution in [0.2, 0.25) is 5.02 Å². The Bertz CT molecular complexity index is 1120. The molecular weight excluding hydrogens is 462 g/mol. The van der Waals surface area contributed by atoms with Gasteiger partial charge < -0.3 is 14.2 Å². The molecule has 1 aliphatic carbocycles. The first kappa shape index (κ1) is 23.4. The SMILES string of the molecule is COc1cc(C(=O)CSc2nnc(-c3ccccc3Cl)n2C2CCCC2)cc(OC)c1OC. The number of Topliss-reactive ketones (excluding diaryl/α,β-unsaturated/α-hetero) is 1. The number of benzene rings is 2.